The van der Waals surface area contributed by atoms with Gasteiger partial charge in [-0.3, -0.25) is 4.79 Å². The Morgan fingerprint density at radius 1 is 0.824 bits per heavy atom. The molecular weight excluding hydrogens is 426 g/mol. The van der Waals surface area contributed by atoms with Gasteiger partial charge < -0.3 is 10.2 Å². The summed E-state index contributed by atoms with van der Waals surface area (Å²) in [6.07, 6.45) is 1.04. The van der Waals surface area contributed by atoms with E-state index in [0.29, 0.717) is 22.5 Å². The van der Waals surface area contributed by atoms with Crippen molar-refractivity contribution in [3.8, 4) is 11.3 Å². The maximum atomic E-state index is 11.4. The van der Waals surface area contributed by atoms with Crippen LogP contribution >= 0.6 is 0 Å². The quantitative estimate of drug-likeness (QED) is 0.339. The number of pyridine rings is 1. The highest BCUT2D eigenvalue weighted by atomic mass is 16.4. The molecule has 0 saturated heterocycles. The van der Waals surface area contributed by atoms with Crippen LogP contribution in [-0.4, -0.2) is 27.1 Å². The molecular formula is C29H29NO4. The summed E-state index contributed by atoms with van der Waals surface area (Å²) in [6.45, 7) is 6.06. The summed E-state index contributed by atoms with van der Waals surface area (Å²) in [4.78, 5) is 26.7. The van der Waals surface area contributed by atoms with Crippen molar-refractivity contribution in [1.29, 1.82) is 0 Å². The number of carboxylic acid groups (broad SMARTS) is 2. The van der Waals surface area contributed by atoms with Gasteiger partial charge in [0.2, 0.25) is 0 Å². The zero-order valence-corrected chi connectivity index (χ0v) is 19.6. The summed E-state index contributed by atoms with van der Waals surface area (Å²) < 4.78 is 0. The maximum Gasteiger partial charge on any atom is 0.336 e. The van der Waals surface area contributed by atoms with Gasteiger partial charge in [-0.2, -0.15) is 0 Å². The summed E-state index contributed by atoms with van der Waals surface area (Å²) in [5.41, 5.74) is 4.71. The molecule has 0 fully saturated rings. The second-order valence-corrected chi connectivity index (χ2v) is 8.64. The van der Waals surface area contributed by atoms with E-state index in [4.69, 9.17) is 5.11 Å². The van der Waals surface area contributed by atoms with Crippen molar-refractivity contribution in [3.05, 3.63) is 102 Å². The van der Waals surface area contributed by atoms with Crippen LogP contribution in [0.5, 0.6) is 0 Å². The highest BCUT2D eigenvalue weighted by Crippen LogP contribution is 2.24. The first kappa shape index (κ1) is 24.6. The minimum Gasteiger partial charge on any atom is -0.481 e. The van der Waals surface area contributed by atoms with E-state index in [2.05, 4.69) is 18.8 Å². The van der Waals surface area contributed by atoms with Crippen molar-refractivity contribution in [2.45, 2.75) is 33.1 Å². The number of benzene rings is 3. The number of aromatic carboxylic acids is 1. The third kappa shape index (κ3) is 6.29. The third-order valence-electron chi connectivity index (χ3n) is 5.51. The topological polar surface area (TPSA) is 87.5 Å². The van der Waals surface area contributed by atoms with Crippen LogP contribution in [0.3, 0.4) is 0 Å². The Morgan fingerprint density at radius 2 is 1.44 bits per heavy atom. The van der Waals surface area contributed by atoms with Gasteiger partial charge >= 0.3 is 11.9 Å². The van der Waals surface area contributed by atoms with Crippen LogP contribution in [0, 0.1) is 5.92 Å². The van der Waals surface area contributed by atoms with Crippen molar-refractivity contribution in [1.82, 2.24) is 4.98 Å². The number of hydrogen-bond donors (Lipinski definition) is 2. The van der Waals surface area contributed by atoms with Crippen molar-refractivity contribution in [2.24, 2.45) is 5.92 Å². The Hall–Kier alpha value is -3.99. The second kappa shape index (κ2) is 11.2. The smallest absolute Gasteiger partial charge is 0.336 e. The molecule has 0 aliphatic heterocycles. The summed E-state index contributed by atoms with van der Waals surface area (Å²) in [5.74, 6) is -1.49. The predicted molar refractivity (Wildman–Crippen MR) is 135 cm³/mol. The summed E-state index contributed by atoms with van der Waals surface area (Å²) >= 11 is 0. The number of aromatic nitrogens is 1. The molecule has 1 unspecified atom stereocenters. The first-order valence-corrected chi connectivity index (χ1v) is 11.3. The zero-order chi connectivity index (χ0) is 24.7. The molecule has 1 aromatic heterocycles. The van der Waals surface area contributed by atoms with E-state index in [1.54, 1.807) is 19.1 Å². The SMILES string of the molecule is CC(C)Cc1ccc(C(C)C(=O)O)cc1.O=C(O)c1cc(-c2ccccc2)nc2ccccc12. The van der Waals surface area contributed by atoms with E-state index >= 15 is 0 Å². The summed E-state index contributed by atoms with van der Waals surface area (Å²) in [6, 6.07) is 26.4. The Kier molecular flexibility index (Phi) is 8.14. The molecule has 5 heteroatoms. The molecule has 0 saturated carbocycles. The number of hydrogen-bond acceptors (Lipinski definition) is 3. The molecule has 4 aromatic rings. The molecule has 0 bridgehead atoms. The molecule has 0 spiro atoms. The van der Waals surface area contributed by atoms with Gasteiger partial charge in [0.25, 0.3) is 0 Å². The number of carboxylic acids is 2. The summed E-state index contributed by atoms with van der Waals surface area (Å²) in [5, 5.41) is 18.8. The molecule has 0 radical (unpaired) electrons. The predicted octanol–water partition coefficient (Wildman–Crippen LogP) is 6.67. The van der Waals surface area contributed by atoms with Crippen LogP contribution in [-0.2, 0) is 11.2 Å². The van der Waals surface area contributed by atoms with E-state index in [1.165, 1.54) is 5.56 Å². The Bertz CT molecular complexity index is 1260. The van der Waals surface area contributed by atoms with Crippen LogP contribution in [0.15, 0.2) is 84.9 Å². The Balaban J connectivity index is 0.000000197. The fourth-order valence-corrected chi connectivity index (χ4v) is 3.67. The van der Waals surface area contributed by atoms with Gasteiger partial charge in [-0.25, -0.2) is 9.78 Å². The minimum atomic E-state index is -0.934. The van der Waals surface area contributed by atoms with E-state index in [9.17, 15) is 14.7 Å². The van der Waals surface area contributed by atoms with Crippen LogP contribution in [0.1, 0.15) is 48.2 Å². The van der Waals surface area contributed by atoms with E-state index in [-0.39, 0.29) is 5.56 Å². The molecule has 3 aromatic carbocycles. The molecule has 34 heavy (non-hydrogen) atoms. The molecule has 1 atom stereocenters. The number of nitrogens with zero attached hydrogens (tertiary/aromatic N) is 1. The normalized spacial score (nSPS) is 11.5. The molecule has 0 amide bonds. The lowest BCUT2D eigenvalue weighted by molar-refractivity contribution is -0.138. The fraction of sp³-hybridized carbons (Fsp3) is 0.207. The zero-order valence-electron chi connectivity index (χ0n) is 19.6. The molecule has 5 nitrogen and oxygen atoms in total. The van der Waals surface area contributed by atoms with Crippen molar-refractivity contribution in [3.63, 3.8) is 0 Å². The molecule has 0 aliphatic rings. The molecule has 174 valence electrons. The van der Waals surface area contributed by atoms with Crippen LogP contribution in [0.25, 0.3) is 22.2 Å². The van der Waals surface area contributed by atoms with Crippen molar-refractivity contribution in [2.75, 3.05) is 0 Å². The van der Waals surface area contributed by atoms with Gasteiger partial charge in [-0.15, -0.1) is 0 Å². The van der Waals surface area contributed by atoms with Crippen molar-refractivity contribution < 1.29 is 19.8 Å². The standard InChI is InChI=1S/C16H11NO2.C13H18O2/c18-16(19)13-10-15(11-6-2-1-3-7-11)17-14-9-5-4-8-12(13)14;1-9(2)8-11-4-6-12(7-5-11)10(3)13(14)15/h1-10H,(H,18,19);4-7,9-10H,8H2,1-3H3,(H,14,15). The van der Waals surface area contributed by atoms with Gasteiger partial charge in [0.1, 0.15) is 0 Å². The van der Waals surface area contributed by atoms with E-state index in [1.807, 2.05) is 72.8 Å². The largest absolute Gasteiger partial charge is 0.481 e. The molecule has 2 N–H and O–H groups in total. The number of aliphatic carboxylic acids is 1. The lowest BCUT2D eigenvalue weighted by Gasteiger charge is -2.09. The Morgan fingerprint density at radius 3 is 2.03 bits per heavy atom. The van der Waals surface area contributed by atoms with Gasteiger partial charge in [0.05, 0.1) is 22.7 Å². The van der Waals surface area contributed by atoms with Gasteiger partial charge in [0.15, 0.2) is 0 Å². The van der Waals surface area contributed by atoms with Gasteiger partial charge in [-0.1, -0.05) is 86.6 Å². The lowest BCUT2D eigenvalue weighted by atomic mass is 9.97. The van der Waals surface area contributed by atoms with E-state index in [0.717, 1.165) is 17.5 Å². The highest BCUT2D eigenvalue weighted by molar-refractivity contribution is 6.03. The second-order valence-electron chi connectivity index (χ2n) is 8.64. The molecule has 0 aliphatic carbocycles. The monoisotopic (exact) mass is 455 g/mol. The van der Waals surface area contributed by atoms with Crippen LogP contribution in [0.2, 0.25) is 0 Å². The average molecular weight is 456 g/mol. The number of para-hydroxylation sites is 1. The first-order valence-electron chi connectivity index (χ1n) is 11.3. The highest BCUT2D eigenvalue weighted by Gasteiger charge is 2.13. The molecule has 1 heterocycles. The van der Waals surface area contributed by atoms with Gasteiger partial charge in [-0.05, 0) is 42.5 Å². The Labute approximate surface area is 199 Å². The number of rotatable bonds is 6. The lowest BCUT2D eigenvalue weighted by Crippen LogP contribution is -2.07. The van der Waals surface area contributed by atoms with Crippen LogP contribution in [0.4, 0.5) is 0 Å². The summed E-state index contributed by atoms with van der Waals surface area (Å²) in [7, 11) is 0. The van der Waals surface area contributed by atoms with Crippen molar-refractivity contribution >= 4 is 22.8 Å². The first-order chi connectivity index (χ1) is 16.3. The molecule has 4 rings (SSSR count). The van der Waals surface area contributed by atoms with Crippen LogP contribution < -0.4 is 0 Å². The third-order valence-corrected chi connectivity index (χ3v) is 5.51. The number of fused-ring (bicyclic) bond motifs is 1. The minimum absolute atomic E-state index is 0.282. The number of carbonyl (C=O) groups is 2. The average Bonchev–Trinajstić information content (AvgIpc) is 2.84. The fourth-order valence-electron chi connectivity index (χ4n) is 3.67. The maximum absolute atomic E-state index is 11.4. The van der Waals surface area contributed by atoms with Gasteiger partial charge in [0, 0.05) is 10.9 Å². The van der Waals surface area contributed by atoms with E-state index < -0.39 is 17.9 Å².